The van der Waals surface area contributed by atoms with Crippen molar-refractivity contribution in [2.24, 2.45) is 0 Å². The summed E-state index contributed by atoms with van der Waals surface area (Å²) in [6.45, 7) is 2.62. The summed E-state index contributed by atoms with van der Waals surface area (Å²) < 4.78 is 0. The van der Waals surface area contributed by atoms with E-state index in [1.807, 2.05) is 0 Å². The van der Waals surface area contributed by atoms with Crippen LogP contribution in [-0.4, -0.2) is 37.1 Å². The number of nitrogens with one attached hydrogen (secondary N) is 1. The third-order valence-electron chi connectivity index (χ3n) is 3.47. The zero-order valence-electron chi connectivity index (χ0n) is 8.05. The molecule has 2 heteroatoms. The molecule has 1 aliphatic carbocycles. The van der Waals surface area contributed by atoms with Crippen molar-refractivity contribution in [1.29, 1.82) is 0 Å². The fraction of sp³-hybridized carbons (Fsp3) is 1.00. The van der Waals surface area contributed by atoms with Crippen molar-refractivity contribution < 1.29 is 0 Å². The van der Waals surface area contributed by atoms with E-state index in [1.54, 1.807) is 0 Å². The molecule has 0 spiro atoms. The lowest BCUT2D eigenvalue weighted by atomic mass is 10.2. The lowest BCUT2D eigenvalue weighted by molar-refractivity contribution is 0.241. The maximum absolute atomic E-state index is 3.38. The van der Waals surface area contributed by atoms with Gasteiger partial charge < -0.3 is 5.32 Å². The minimum Gasteiger partial charge on any atom is -0.316 e. The summed E-state index contributed by atoms with van der Waals surface area (Å²) in [5.41, 5.74) is 0. The van der Waals surface area contributed by atoms with Crippen LogP contribution in [0, 0.1) is 0 Å². The highest BCUT2D eigenvalue weighted by Gasteiger charge is 2.28. The minimum atomic E-state index is 0.769. The van der Waals surface area contributed by atoms with Crippen LogP contribution >= 0.6 is 0 Å². The van der Waals surface area contributed by atoms with Crippen molar-refractivity contribution in [3.63, 3.8) is 0 Å². The van der Waals surface area contributed by atoms with E-state index >= 15 is 0 Å². The summed E-state index contributed by atoms with van der Waals surface area (Å²) >= 11 is 0. The number of likely N-dealkylation sites (N-methyl/N-ethyl adjacent to an activating group) is 1. The van der Waals surface area contributed by atoms with Crippen molar-refractivity contribution in [2.75, 3.05) is 20.1 Å². The first-order chi connectivity index (χ1) is 5.90. The van der Waals surface area contributed by atoms with Crippen LogP contribution in [0.4, 0.5) is 0 Å². The molecule has 0 unspecified atom stereocenters. The molecule has 0 aromatic carbocycles. The van der Waals surface area contributed by atoms with Gasteiger partial charge in [0.25, 0.3) is 0 Å². The van der Waals surface area contributed by atoms with Gasteiger partial charge in [0.2, 0.25) is 0 Å². The molecule has 2 aliphatic rings. The van der Waals surface area contributed by atoms with E-state index in [-0.39, 0.29) is 0 Å². The van der Waals surface area contributed by atoms with Gasteiger partial charge in [-0.05, 0) is 26.3 Å². The average molecular weight is 168 g/mol. The molecule has 12 heavy (non-hydrogen) atoms. The highest BCUT2D eigenvalue weighted by atomic mass is 15.2. The molecule has 2 fully saturated rings. The number of hydrogen-bond donors (Lipinski definition) is 1. The Morgan fingerprint density at radius 3 is 2.50 bits per heavy atom. The van der Waals surface area contributed by atoms with Gasteiger partial charge in [-0.15, -0.1) is 0 Å². The Bertz CT molecular complexity index is 141. The number of hydrogen-bond acceptors (Lipinski definition) is 2. The van der Waals surface area contributed by atoms with Crippen LogP contribution in [0.3, 0.4) is 0 Å². The summed E-state index contributed by atoms with van der Waals surface area (Å²) in [5, 5.41) is 3.38. The maximum Gasteiger partial charge on any atom is 0.0204 e. The molecular formula is C10H20N2. The van der Waals surface area contributed by atoms with E-state index in [0.717, 1.165) is 12.1 Å². The normalized spacial score (nSPS) is 33.2. The molecule has 0 aromatic rings. The van der Waals surface area contributed by atoms with Crippen molar-refractivity contribution in [3.8, 4) is 0 Å². The van der Waals surface area contributed by atoms with E-state index in [1.165, 1.54) is 45.2 Å². The predicted molar refractivity (Wildman–Crippen MR) is 51.3 cm³/mol. The lowest BCUT2D eigenvalue weighted by Crippen LogP contribution is -2.34. The average Bonchev–Trinajstić information content (AvgIpc) is 2.75. The molecule has 0 aromatic heterocycles. The second-order valence-corrected chi connectivity index (χ2v) is 4.21. The first kappa shape index (κ1) is 8.52. The summed E-state index contributed by atoms with van der Waals surface area (Å²) in [6, 6.07) is 1.70. The standard InChI is InChI=1S/C10H20N2/c1-11-9-6-7-12(8-9)10-4-2-3-5-10/h9-11H,2-8H2,1H3/t9-/m0/s1. The largest absolute Gasteiger partial charge is 0.316 e. The molecule has 2 nitrogen and oxygen atoms in total. The van der Waals surface area contributed by atoms with E-state index in [0.29, 0.717) is 0 Å². The zero-order valence-corrected chi connectivity index (χ0v) is 8.05. The van der Waals surface area contributed by atoms with E-state index in [4.69, 9.17) is 0 Å². The Morgan fingerprint density at radius 1 is 1.17 bits per heavy atom. The van der Waals surface area contributed by atoms with Gasteiger partial charge in [-0.25, -0.2) is 0 Å². The Balaban J connectivity index is 1.81. The molecule has 70 valence electrons. The molecule has 1 aliphatic heterocycles. The third kappa shape index (κ3) is 1.64. The first-order valence-corrected chi connectivity index (χ1v) is 5.31. The van der Waals surface area contributed by atoms with Gasteiger partial charge in [0.1, 0.15) is 0 Å². The van der Waals surface area contributed by atoms with Gasteiger partial charge in [-0.2, -0.15) is 0 Å². The Morgan fingerprint density at radius 2 is 1.92 bits per heavy atom. The van der Waals surface area contributed by atoms with E-state index in [2.05, 4.69) is 17.3 Å². The van der Waals surface area contributed by atoms with Crippen LogP contribution in [0.2, 0.25) is 0 Å². The van der Waals surface area contributed by atoms with Gasteiger partial charge in [0.15, 0.2) is 0 Å². The van der Waals surface area contributed by atoms with Crippen LogP contribution in [-0.2, 0) is 0 Å². The molecule has 1 saturated carbocycles. The molecule has 0 amide bonds. The van der Waals surface area contributed by atoms with Gasteiger partial charge in [0.05, 0.1) is 0 Å². The monoisotopic (exact) mass is 168 g/mol. The SMILES string of the molecule is CN[C@H]1CCN(C2CCCC2)C1. The summed E-state index contributed by atoms with van der Waals surface area (Å²) in [6.07, 6.45) is 7.19. The lowest BCUT2D eigenvalue weighted by Gasteiger charge is -2.23. The van der Waals surface area contributed by atoms with Crippen LogP contribution < -0.4 is 5.32 Å². The minimum absolute atomic E-state index is 0.769. The molecule has 2 rings (SSSR count). The summed E-state index contributed by atoms with van der Waals surface area (Å²) in [4.78, 5) is 2.69. The quantitative estimate of drug-likeness (QED) is 0.667. The van der Waals surface area contributed by atoms with Crippen LogP contribution in [0.25, 0.3) is 0 Å². The van der Waals surface area contributed by atoms with Crippen LogP contribution in [0.5, 0.6) is 0 Å². The fourth-order valence-electron chi connectivity index (χ4n) is 2.62. The zero-order chi connectivity index (χ0) is 8.39. The fourth-order valence-corrected chi connectivity index (χ4v) is 2.62. The number of likely N-dealkylation sites (tertiary alicyclic amines) is 1. The van der Waals surface area contributed by atoms with Gasteiger partial charge in [-0.1, -0.05) is 12.8 Å². The molecule has 1 saturated heterocycles. The predicted octanol–water partition coefficient (Wildman–Crippen LogP) is 1.22. The van der Waals surface area contributed by atoms with Crippen LogP contribution in [0.15, 0.2) is 0 Å². The maximum atomic E-state index is 3.38. The van der Waals surface area contributed by atoms with E-state index < -0.39 is 0 Å². The second kappa shape index (κ2) is 3.75. The number of nitrogens with zero attached hydrogens (tertiary/aromatic N) is 1. The Labute approximate surface area is 75.3 Å². The molecule has 1 heterocycles. The molecule has 0 bridgehead atoms. The topological polar surface area (TPSA) is 15.3 Å². The molecule has 1 N–H and O–H groups in total. The van der Waals surface area contributed by atoms with Gasteiger partial charge in [-0.3, -0.25) is 4.90 Å². The second-order valence-electron chi connectivity index (χ2n) is 4.21. The molecular weight excluding hydrogens is 148 g/mol. The van der Waals surface area contributed by atoms with Crippen molar-refractivity contribution in [3.05, 3.63) is 0 Å². The Hall–Kier alpha value is -0.0800. The highest BCUT2D eigenvalue weighted by Crippen LogP contribution is 2.26. The molecule has 1 atom stereocenters. The summed E-state index contributed by atoms with van der Waals surface area (Å²) in [7, 11) is 2.09. The third-order valence-corrected chi connectivity index (χ3v) is 3.47. The number of rotatable bonds is 2. The summed E-state index contributed by atoms with van der Waals surface area (Å²) in [5.74, 6) is 0. The Kier molecular flexibility index (Phi) is 2.66. The van der Waals surface area contributed by atoms with Crippen LogP contribution in [0.1, 0.15) is 32.1 Å². The van der Waals surface area contributed by atoms with Crippen molar-refractivity contribution in [2.45, 2.75) is 44.2 Å². The van der Waals surface area contributed by atoms with Crippen molar-refractivity contribution in [1.82, 2.24) is 10.2 Å². The van der Waals surface area contributed by atoms with Gasteiger partial charge >= 0.3 is 0 Å². The van der Waals surface area contributed by atoms with E-state index in [9.17, 15) is 0 Å². The molecule has 0 radical (unpaired) electrons. The first-order valence-electron chi connectivity index (χ1n) is 5.31. The highest BCUT2D eigenvalue weighted by molar-refractivity contribution is 4.86. The van der Waals surface area contributed by atoms with Gasteiger partial charge in [0, 0.05) is 25.2 Å². The smallest absolute Gasteiger partial charge is 0.0204 e. The van der Waals surface area contributed by atoms with Crippen molar-refractivity contribution >= 4 is 0 Å².